The van der Waals surface area contributed by atoms with Crippen molar-refractivity contribution in [2.24, 2.45) is 5.92 Å². The highest BCUT2D eigenvalue weighted by Crippen LogP contribution is 2.34. The molecular weight excluding hydrogens is 212 g/mol. The van der Waals surface area contributed by atoms with Crippen LogP contribution in [0.2, 0.25) is 18.1 Å². The van der Waals surface area contributed by atoms with Crippen molar-refractivity contribution in [3.63, 3.8) is 0 Å². The van der Waals surface area contributed by atoms with Gasteiger partial charge in [-0.3, -0.25) is 0 Å². The van der Waals surface area contributed by atoms with Crippen LogP contribution in [0.25, 0.3) is 0 Å². The first kappa shape index (κ1) is 14.2. The molecule has 2 heteroatoms. The molecule has 1 heterocycles. The molecule has 0 aromatic heterocycles. The van der Waals surface area contributed by atoms with Crippen molar-refractivity contribution in [1.82, 2.24) is 0 Å². The Morgan fingerprint density at radius 1 is 1.12 bits per heavy atom. The van der Waals surface area contributed by atoms with E-state index in [1.807, 2.05) is 0 Å². The smallest absolute Gasteiger partial charge is 0.192 e. The normalized spacial score (nSPS) is 21.2. The molecule has 1 aliphatic heterocycles. The molecule has 0 bridgehead atoms. The van der Waals surface area contributed by atoms with Crippen LogP contribution in [0.15, 0.2) is 0 Å². The summed E-state index contributed by atoms with van der Waals surface area (Å²) >= 11 is 0. The SMILES string of the molecule is CCCCC(CC)CO[Si]1(CC)CCCC1. The van der Waals surface area contributed by atoms with Gasteiger partial charge in [-0.1, -0.05) is 52.9 Å². The summed E-state index contributed by atoms with van der Waals surface area (Å²) in [5.41, 5.74) is 0. The van der Waals surface area contributed by atoms with E-state index in [1.54, 1.807) is 0 Å². The molecule has 1 atom stereocenters. The highest BCUT2D eigenvalue weighted by atomic mass is 28.4. The van der Waals surface area contributed by atoms with Crippen LogP contribution in [0.1, 0.15) is 59.3 Å². The molecule has 1 fully saturated rings. The predicted molar refractivity (Wildman–Crippen MR) is 74.3 cm³/mol. The Kier molecular flexibility index (Phi) is 6.67. The summed E-state index contributed by atoms with van der Waals surface area (Å²) in [7, 11) is -1.22. The number of unbranched alkanes of at least 4 members (excludes halogenated alkanes) is 1. The first-order chi connectivity index (χ1) is 7.76. The van der Waals surface area contributed by atoms with Gasteiger partial charge in [0.2, 0.25) is 0 Å². The molecule has 0 N–H and O–H groups in total. The van der Waals surface area contributed by atoms with E-state index in [0.29, 0.717) is 0 Å². The molecule has 0 spiro atoms. The quantitative estimate of drug-likeness (QED) is 0.546. The van der Waals surface area contributed by atoms with Crippen LogP contribution < -0.4 is 0 Å². The Morgan fingerprint density at radius 2 is 1.81 bits per heavy atom. The van der Waals surface area contributed by atoms with Gasteiger partial charge in [0.25, 0.3) is 0 Å². The van der Waals surface area contributed by atoms with Crippen LogP contribution in [0.3, 0.4) is 0 Å². The van der Waals surface area contributed by atoms with Crippen molar-refractivity contribution in [1.29, 1.82) is 0 Å². The van der Waals surface area contributed by atoms with Crippen molar-refractivity contribution in [2.45, 2.75) is 77.4 Å². The van der Waals surface area contributed by atoms with Crippen LogP contribution in [0.4, 0.5) is 0 Å². The van der Waals surface area contributed by atoms with Gasteiger partial charge >= 0.3 is 0 Å². The van der Waals surface area contributed by atoms with Gasteiger partial charge in [-0.05, 0) is 30.5 Å². The fraction of sp³-hybridized carbons (Fsp3) is 1.00. The Bertz CT molecular complexity index is 176. The van der Waals surface area contributed by atoms with Crippen LogP contribution in [-0.2, 0) is 4.43 Å². The minimum atomic E-state index is -1.22. The molecule has 1 nitrogen and oxygen atoms in total. The van der Waals surface area contributed by atoms with E-state index in [4.69, 9.17) is 4.43 Å². The van der Waals surface area contributed by atoms with Gasteiger partial charge < -0.3 is 4.43 Å². The van der Waals surface area contributed by atoms with Crippen molar-refractivity contribution < 1.29 is 4.43 Å². The third-order valence-corrected chi connectivity index (χ3v) is 8.92. The molecule has 0 saturated carbocycles. The molecule has 0 aromatic carbocycles. The summed E-state index contributed by atoms with van der Waals surface area (Å²) in [5, 5.41) is 0. The van der Waals surface area contributed by atoms with Gasteiger partial charge in [-0.25, -0.2) is 0 Å². The first-order valence-corrected chi connectivity index (χ1v) is 9.93. The lowest BCUT2D eigenvalue weighted by molar-refractivity contribution is 0.222. The summed E-state index contributed by atoms with van der Waals surface area (Å²) in [6.07, 6.45) is 8.25. The summed E-state index contributed by atoms with van der Waals surface area (Å²) in [5.74, 6) is 0.830. The summed E-state index contributed by atoms with van der Waals surface area (Å²) in [4.78, 5) is 0. The molecule has 0 aromatic rings. The van der Waals surface area contributed by atoms with Crippen molar-refractivity contribution in [3.05, 3.63) is 0 Å². The van der Waals surface area contributed by atoms with Gasteiger partial charge in [-0.15, -0.1) is 0 Å². The van der Waals surface area contributed by atoms with Crippen LogP contribution in [-0.4, -0.2) is 14.9 Å². The maximum Gasteiger partial charge on any atom is 0.192 e. The van der Waals surface area contributed by atoms with E-state index in [-0.39, 0.29) is 0 Å². The Balaban J connectivity index is 2.29. The molecule has 0 radical (unpaired) electrons. The summed E-state index contributed by atoms with van der Waals surface area (Å²) in [6.45, 7) is 8.02. The molecule has 0 aliphatic carbocycles. The molecule has 0 amide bonds. The lowest BCUT2D eigenvalue weighted by atomic mass is 10.0. The number of hydrogen-bond acceptors (Lipinski definition) is 1. The topological polar surface area (TPSA) is 9.23 Å². The van der Waals surface area contributed by atoms with E-state index in [2.05, 4.69) is 20.8 Å². The van der Waals surface area contributed by atoms with Crippen molar-refractivity contribution in [2.75, 3.05) is 6.61 Å². The molecular formula is C14H30OSi. The van der Waals surface area contributed by atoms with Crippen LogP contribution in [0, 0.1) is 5.92 Å². The van der Waals surface area contributed by atoms with E-state index in [1.165, 1.54) is 56.7 Å². The third-order valence-electron chi connectivity index (χ3n) is 4.33. The zero-order chi connectivity index (χ0) is 11.9. The number of rotatable bonds is 8. The molecule has 96 valence electrons. The Labute approximate surface area is 103 Å². The zero-order valence-electron chi connectivity index (χ0n) is 11.6. The number of hydrogen-bond donors (Lipinski definition) is 0. The predicted octanol–water partition coefficient (Wildman–Crippen LogP) is 4.98. The van der Waals surface area contributed by atoms with Gasteiger partial charge in [0, 0.05) is 6.61 Å². The van der Waals surface area contributed by atoms with E-state index < -0.39 is 8.32 Å². The fourth-order valence-corrected chi connectivity index (χ4v) is 6.64. The van der Waals surface area contributed by atoms with Crippen LogP contribution >= 0.6 is 0 Å². The highest BCUT2D eigenvalue weighted by Gasteiger charge is 2.36. The molecule has 1 unspecified atom stereocenters. The first-order valence-electron chi connectivity index (χ1n) is 7.40. The van der Waals surface area contributed by atoms with Crippen LogP contribution in [0.5, 0.6) is 0 Å². The van der Waals surface area contributed by atoms with Gasteiger partial charge in [0.15, 0.2) is 8.32 Å². The summed E-state index contributed by atoms with van der Waals surface area (Å²) < 4.78 is 6.43. The minimum absolute atomic E-state index is 0.830. The average Bonchev–Trinajstić information content (AvgIpc) is 2.79. The maximum atomic E-state index is 6.43. The molecule has 1 aliphatic rings. The maximum absolute atomic E-state index is 6.43. The van der Waals surface area contributed by atoms with E-state index >= 15 is 0 Å². The average molecular weight is 242 g/mol. The molecule has 1 rings (SSSR count). The minimum Gasteiger partial charge on any atom is -0.417 e. The highest BCUT2D eigenvalue weighted by molar-refractivity contribution is 6.74. The second kappa shape index (κ2) is 7.49. The fourth-order valence-electron chi connectivity index (χ4n) is 2.81. The Hall–Kier alpha value is 0.177. The molecule has 1 saturated heterocycles. The summed E-state index contributed by atoms with van der Waals surface area (Å²) in [6, 6.07) is 4.22. The second-order valence-corrected chi connectivity index (χ2v) is 9.83. The zero-order valence-corrected chi connectivity index (χ0v) is 12.6. The standard InChI is InChI=1S/C14H30OSi/c1-4-7-10-14(5-2)13-15-16(6-3)11-8-9-12-16/h14H,4-13H2,1-3H3. The van der Waals surface area contributed by atoms with E-state index in [0.717, 1.165) is 12.5 Å². The second-order valence-electron chi connectivity index (χ2n) is 5.47. The van der Waals surface area contributed by atoms with Gasteiger partial charge in [0.05, 0.1) is 0 Å². The van der Waals surface area contributed by atoms with Crippen molar-refractivity contribution in [3.8, 4) is 0 Å². The third kappa shape index (κ3) is 4.21. The largest absolute Gasteiger partial charge is 0.417 e. The van der Waals surface area contributed by atoms with Crippen molar-refractivity contribution >= 4 is 8.32 Å². The monoisotopic (exact) mass is 242 g/mol. The Morgan fingerprint density at radius 3 is 2.31 bits per heavy atom. The van der Waals surface area contributed by atoms with Gasteiger partial charge in [-0.2, -0.15) is 0 Å². The van der Waals surface area contributed by atoms with E-state index in [9.17, 15) is 0 Å². The lowest BCUT2D eigenvalue weighted by Gasteiger charge is -2.28. The lowest BCUT2D eigenvalue weighted by Crippen LogP contribution is -2.35. The molecule has 16 heavy (non-hydrogen) atoms. The van der Waals surface area contributed by atoms with Gasteiger partial charge in [0.1, 0.15) is 0 Å².